The van der Waals surface area contributed by atoms with E-state index in [1.54, 1.807) is 0 Å². The van der Waals surface area contributed by atoms with Gasteiger partial charge < -0.3 is 5.32 Å². The third kappa shape index (κ3) is 8.15. The molecule has 0 aliphatic carbocycles. The van der Waals surface area contributed by atoms with Crippen LogP contribution in [0.4, 0.5) is 13.2 Å². The lowest BCUT2D eigenvalue weighted by atomic mass is 10.0. The van der Waals surface area contributed by atoms with Gasteiger partial charge in [0.15, 0.2) is 9.84 Å². The zero-order chi connectivity index (χ0) is 28.3. The number of carbonyl (C=O) groups is 1. The monoisotopic (exact) mass is 595 g/mol. The molecular formula is C24H29ClF3N3O5S2. The second kappa shape index (κ2) is 11.9. The van der Waals surface area contributed by atoms with E-state index in [9.17, 15) is 34.8 Å². The molecule has 0 radical (unpaired) electrons. The van der Waals surface area contributed by atoms with Gasteiger partial charge in [-0.3, -0.25) is 9.69 Å². The molecule has 38 heavy (non-hydrogen) atoms. The van der Waals surface area contributed by atoms with E-state index >= 15 is 0 Å². The minimum Gasteiger partial charge on any atom is -0.348 e. The van der Waals surface area contributed by atoms with E-state index in [0.29, 0.717) is 19.5 Å². The zero-order valence-electron chi connectivity index (χ0n) is 20.8. The maximum Gasteiger partial charge on any atom is 0.416 e. The highest BCUT2D eigenvalue weighted by molar-refractivity contribution is 7.91. The number of halogens is 4. The van der Waals surface area contributed by atoms with Crippen molar-refractivity contribution >= 4 is 37.4 Å². The van der Waals surface area contributed by atoms with Crippen molar-refractivity contribution in [1.82, 2.24) is 14.9 Å². The lowest BCUT2D eigenvalue weighted by Crippen LogP contribution is -2.30. The van der Waals surface area contributed by atoms with Gasteiger partial charge in [0, 0.05) is 36.8 Å². The number of sulfone groups is 1. The smallest absolute Gasteiger partial charge is 0.348 e. The first kappa shape index (κ1) is 30.4. The van der Waals surface area contributed by atoms with Crippen molar-refractivity contribution in [1.29, 1.82) is 0 Å². The largest absolute Gasteiger partial charge is 0.416 e. The molecule has 1 fully saturated rings. The Hall–Kier alpha value is -2.19. The van der Waals surface area contributed by atoms with Gasteiger partial charge in [-0.05, 0) is 60.3 Å². The van der Waals surface area contributed by atoms with Crippen LogP contribution in [0.3, 0.4) is 0 Å². The summed E-state index contributed by atoms with van der Waals surface area (Å²) in [7, 11) is -6.97. The molecule has 1 saturated heterocycles. The van der Waals surface area contributed by atoms with Crippen molar-refractivity contribution in [3.63, 3.8) is 0 Å². The molecule has 14 heteroatoms. The van der Waals surface area contributed by atoms with Gasteiger partial charge in [-0.1, -0.05) is 24.6 Å². The first-order valence-electron chi connectivity index (χ1n) is 11.8. The third-order valence-corrected chi connectivity index (χ3v) is 9.01. The second-order valence-corrected chi connectivity index (χ2v) is 13.7. The topological polar surface area (TPSA) is 113 Å². The van der Waals surface area contributed by atoms with Gasteiger partial charge in [-0.25, -0.2) is 21.6 Å². The van der Waals surface area contributed by atoms with Crippen LogP contribution in [0.25, 0.3) is 0 Å². The summed E-state index contributed by atoms with van der Waals surface area (Å²) >= 11 is 5.98. The molecule has 3 rings (SSSR count). The van der Waals surface area contributed by atoms with E-state index in [2.05, 4.69) is 10.0 Å². The average molecular weight is 596 g/mol. The number of sulfonamides is 1. The van der Waals surface area contributed by atoms with Crippen molar-refractivity contribution in [2.24, 2.45) is 5.92 Å². The van der Waals surface area contributed by atoms with Crippen LogP contribution in [0.2, 0.25) is 5.02 Å². The Labute approximate surface area is 225 Å². The molecule has 1 atom stereocenters. The van der Waals surface area contributed by atoms with Crippen LogP contribution < -0.4 is 10.0 Å². The molecule has 0 aromatic heterocycles. The molecule has 1 heterocycles. The number of carbonyl (C=O) groups excluding carboxylic acids is 1. The van der Waals surface area contributed by atoms with E-state index in [-0.39, 0.29) is 57.9 Å². The first-order chi connectivity index (χ1) is 17.6. The molecule has 1 aliphatic rings. The molecule has 1 unspecified atom stereocenters. The Balaban J connectivity index is 1.74. The van der Waals surface area contributed by atoms with Gasteiger partial charge in [-0.15, -0.1) is 0 Å². The van der Waals surface area contributed by atoms with Crippen molar-refractivity contribution < 1.29 is 34.8 Å². The summed E-state index contributed by atoms with van der Waals surface area (Å²) in [5.41, 5.74) is -0.939. The Bertz CT molecular complexity index is 1400. The van der Waals surface area contributed by atoms with Gasteiger partial charge >= 0.3 is 6.18 Å². The van der Waals surface area contributed by atoms with Crippen LogP contribution >= 0.6 is 11.6 Å². The molecule has 210 valence electrons. The van der Waals surface area contributed by atoms with Gasteiger partial charge in [0.2, 0.25) is 10.0 Å². The number of hydrogen-bond donors (Lipinski definition) is 2. The Morgan fingerprint density at radius 3 is 2.45 bits per heavy atom. The molecule has 0 bridgehead atoms. The number of benzene rings is 2. The van der Waals surface area contributed by atoms with Crippen LogP contribution in [0, 0.1) is 5.92 Å². The number of amides is 1. The highest BCUT2D eigenvalue weighted by Crippen LogP contribution is 2.34. The maximum absolute atomic E-state index is 13.9. The minimum atomic E-state index is -4.71. The molecule has 1 aliphatic heterocycles. The van der Waals surface area contributed by atoms with E-state index in [0.717, 1.165) is 12.3 Å². The zero-order valence-corrected chi connectivity index (χ0v) is 23.2. The first-order valence-corrected chi connectivity index (χ1v) is 15.7. The Morgan fingerprint density at radius 2 is 1.82 bits per heavy atom. The summed E-state index contributed by atoms with van der Waals surface area (Å²) in [6.07, 6.45) is -3.02. The van der Waals surface area contributed by atoms with Gasteiger partial charge in [0.05, 0.1) is 22.5 Å². The van der Waals surface area contributed by atoms with E-state index in [1.807, 2.05) is 4.90 Å². The fraction of sp³-hybridized carbons (Fsp3) is 0.458. The summed E-state index contributed by atoms with van der Waals surface area (Å²) in [4.78, 5) is 14.5. The van der Waals surface area contributed by atoms with Crippen LogP contribution in [0.15, 0.2) is 41.3 Å². The lowest BCUT2D eigenvalue weighted by Gasteiger charge is -2.20. The van der Waals surface area contributed by atoms with Gasteiger partial charge in [0.25, 0.3) is 5.91 Å². The van der Waals surface area contributed by atoms with Crippen LogP contribution in [0.5, 0.6) is 0 Å². The van der Waals surface area contributed by atoms with Crippen LogP contribution in [-0.4, -0.2) is 59.3 Å². The van der Waals surface area contributed by atoms with E-state index in [1.165, 1.54) is 37.3 Å². The quantitative estimate of drug-likeness (QED) is 0.435. The van der Waals surface area contributed by atoms with Crippen LogP contribution in [0.1, 0.15) is 40.4 Å². The Morgan fingerprint density at radius 1 is 1.11 bits per heavy atom. The van der Waals surface area contributed by atoms with E-state index in [4.69, 9.17) is 11.6 Å². The summed E-state index contributed by atoms with van der Waals surface area (Å²) in [6.45, 7) is 2.39. The van der Waals surface area contributed by atoms with Gasteiger partial charge in [-0.2, -0.15) is 13.2 Å². The predicted molar refractivity (Wildman–Crippen MR) is 138 cm³/mol. The molecule has 8 nitrogen and oxygen atoms in total. The summed E-state index contributed by atoms with van der Waals surface area (Å²) in [5, 5.41) is 2.74. The number of rotatable bonds is 10. The number of likely N-dealkylation sites (tertiary alicyclic amines) is 1. The maximum atomic E-state index is 13.9. The van der Waals surface area contributed by atoms with Gasteiger partial charge in [0.1, 0.15) is 0 Å². The number of alkyl halides is 3. The summed E-state index contributed by atoms with van der Waals surface area (Å²) in [5.74, 6) is -0.982. The standard InChI is InChI=1S/C24H29ClF3N3O5S2/c1-3-38(35,36)22-7-6-20(25)10-19(22)13-29-23(32)17-4-5-18(21(11-17)24(26,27)28)15-31-9-8-16(14-31)12-30-37(2,33)34/h4-7,10-11,16,30H,3,8-9,12-15H2,1-2H3,(H,29,32). The van der Waals surface area contributed by atoms with Crippen molar-refractivity contribution in [2.75, 3.05) is 31.6 Å². The van der Waals surface area contributed by atoms with Crippen molar-refractivity contribution in [3.8, 4) is 0 Å². The lowest BCUT2D eigenvalue weighted by molar-refractivity contribution is -0.138. The second-order valence-electron chi connectivity index (χ2n) is 9.22. The summed E-state index contributed by atoms with van der Waals surface area (Å²) in [6, 6.07) is 7.47. The number of nitrogens with zero attached hydrogens (tertiary/aromatic N) is 1. The third-order valence-electron chi connectivity index (χ3n) is 6.25. The van der Waals surface area contributed by atoms with Crippen molar-refractivity contribution in [2.45, 2.75) is 37.5 Å². The number of hydrogen-bond acceptors (Lipinski definition) is 6. The van der Waals surface area contributed by atoms with Crippen molar-refractivity contribution in [3.05, 3.63) is 63.7 Å². The molecular weight excluding hydrogens is 567 g/mol. The predicted octanol–water partition coefficient (Wildman–Crippen LogP) is 3.45. The fourth-order valence-electron chi connectivity index (χ4n) is 4.28. The Kier molecular flexibility index (Phi) is 9.51. The molecule has 0 saturated carbocycles. The molecule has 2 aromatic carbocycles. The summed E-state index contributed by atoms with van der Waals surface area (Å²) < 4.78 is 91.5. The average Bonchev–Trinajstić information content (AvgIpc) is 3.27. The SMILES string of the molecule is CCS(=O)(=O)c1ccc(Cl)cc1CNC(=O)c1ccc(CN2CCC(CNS(C)(=O)=O)C2)c(C(F)(F)F)c1. The van der Waals surface area contributed by atoms with Crippen LogP contribution in [-0.2, 0) is 39.1 Å². The number of nitrogens with one attached hydrogen (secondary N) is 2. The fourth-order valence-corrected chi connectivity index (χ4v) is 6.13. The highest BCUT2D eigenvalue weighted by Gasteiger charge is 2.35. The highest BCUT2D eigenvalue weighted by atomic mass is 35.5. The van der Waals surface area contributed by atoms with E-state index < -0.39 is 37.5 Å². The minimum absolute atomic E-state index is 0.00283. The normalized spacial score (nSPS) is 17.1. The molecule has 0 spiro atoms. The molecule has 1 amide bonds. The molecule has 2 N–H and O–H groups in total. The molecule has 2 aromatic rings.